The number of amides is 1. The number of imidazole rings is 1. The number of ether oxygens (including phenoxy) is 1. The Balaban J connectivity index is 1.46. The van der Waals surface area contributed by atoms with E-state index in [9.17, 15) is 13.6 Å². The minimum Gasteiger partial charge on any atom is -0.489 e. The van der Waals surface area contributed by atoms with Crippen LogP contribution in [0.5, 0.6) is 5.75 Å². The number of hydrogen-bond acceptors (Lipinski definition) is 4. The standard InChI is InChI=1S/C28H26F2N4O2/c1-3-25(35)33-14-5-4-6-24(33)28-32-26(27-18(2)31-13-15-34(27)28)20-9-7-19(8-10-20)17-36-21-11-12-22(29)23(30)16-21/h3,7-13,15-16,24H,1,4-6,14,17H2,2H3. The average Bonchev–Trinajstić information content (AvgIpc) is 3.30. The monoisotopic (exact) mass is 488 g/mol. The van der Waals surface area contributed by atoms with Crippen LogP contribution in [0.2, 0.25) is 0 Å². The summed E-state index contributed by atoms with van der Waals surface area (Å²) in [5.41, 5.74) is 4.31. The molecule has 1 amide bonds. The van der Waals surface area contributed by atoms with Gasteiger partial charge in [-0.2, -0.15) is 0 Å². The summed E-state index contributed by atoms with van der Waals surface area (Å²) in [4.78, 5) is 23.9. The predicted octanol–water partition coefficient (Wildman–Crippen LogP) is 5.80. The number of fused-ring (bicyclic) bond motifs is 1. The molecule has 0 aliphatic carbocycles. The van der Waals surface area contributed by atoms with Gasteiger partial charge < -0.3 is 9.64 Å². The number of likely N-dealkylation sites (tertiary alicyclic amines) is 1. The largest absolute Gasteiger partial charge is 0.489 e. The zero-order valence-electron chi connectivity index (χ0n) is 20.0. The molecule has 0 radical (unpaired) electrons. The number of hydrogen-bond donors (Lipinski definition) is 0. The average molecular weight is 489 g/mol. The van der Waals surface area contributed by atoms with Crippen molar-refractivity contribution in [2.45, 2.75) is 38.8 Å². The van der Waals surface area contributed by atoms with Gasteiger partial charge in [0.1, 0.15) is 18.2 Å². The Hall–Kier alpha value is -4.07. The summed E-state index contributed by atoms with van der Waals surface area (Å²) in [6.45, 7) is 6.50. The van der Waals surface area contributed by atoms with E-state index < -0.39 is 11.6 Å². The molecule has 184 valence electrons. The van der Waals surface area contributed by atoms with Crippen LogP contribution >= 0.6 is 0 Å². The van der Waals surface area contributed by atoms with Crippen LogP contribution in [-0.4, -0.2) is 31.7 Å². The SMILES string of the molecule is C=CC(=O)N1CCCCC1c1nc(-c2ccc(COc3ccc(F)c(F)c3)cc2)c2c(C)nccn12. The van der Waals surface area contributed by atoms with Crippen molar-refractivity contribution in [3.05, 3.63) is 96.2 Å². The molecular weight excluding hydrogens is 462 g/mol. The van der Waals surface area contributed by atoms with Crippen LogP contribution in [0.3, 0.4) is 0 Å². The molecule has 8 heteroatoms. The highest BCUT2D eigenvalue weighted by atomic mass is 19.2. The van der Waals surface area contributed by atoms with Gasteiger partial charge in [0.2, 0.25) is 5.91 Å². The van der Waals surface area contributed by atoms with Gasteiger partial charge in [0.15, 0.2) is 11.6 Å². The Labute approximate surface area is 207 Å². The molecule has 2 aromatic carbocycles. The third-order valence-corrected chi connectivity index (χ3v) is 6.55. The molecule has 1 aliphatic heterocycles. The second-order valence-corrected chi connectivity index (χ2v) is 8.86. The maximum Gasteiger partial charge on any atom is 0.246 e. The van der Waals surface area contributed by atoms with Gasteiger partial charge in [0.25, 0.3) is 0 Å². The van der Waals surface area contributed by atoms with E-state index in [-0.39, 0.29) is 24.3 Å². The quantitative estimate of drug-likeness (QED) is 0.322. The topological polar surface area (TPSA) is 59.7 Å². The molecule has 0 N–H and O–H groups in total. The van der Waals surface area contributed by atoms with E-state index in [1.54, 1.807) is 6.20 Å². The molecule has 0 bridgehead atoms. The maximum atomic E-state index is 13.4. The third kappa shape index (κ3) is 4.46. The molecular formula is C28H26F2N4O2. The lowest BCUT2D eigenvalue weighted by Gasteiger charge is -2.34. The minimum absolute atomic E-state index is 0.0887. The first-order valence-corrected chi connectivity index (χ1v) is 11.9. The fraction of sp³-hybridized carbons (Fsp3) is 0.250. The fourth-order valence-electron chi connectivity index (χ4n) is 4.73. The lowest BCUT2D eigenvalue weighted by atomic mass is 10.0. The van der Waals surface area contributed by atoms with Gasteiger partial charge in [0.05, 0.1) is 22.9 Å². The molecule has 1 atom stereocenters. The molecule has 5 rings (SSSR count). The Morgan fingerprint density at radius 2 is 1.97 bits per heavy atom. The molecule has 0 saturated carbocycles. The van der Waals surface area contributed by atoms with Crippen molar-refractivity contribution in [3.8, 4) is 17.0 Å². The van der Waals surface area contributed by atoms with Crippen LogP contribution in [0.1, 0.15) is 42.4 Å². The van der Waals surface area contributed by atoms with Gasteiger partial charge in [-0.25, -0.2) is 13.8 Å². The number of rotatable bonds is 6. The summed E-state index contributed by atoms with van der Waals surface area (Å²) in [5.74, 6) is -0.871. The summed E-state index contributed by atoms with van der Waals surface area (Å²) in [6.07, 6.45) is 7.82. The summed E-state index contributed by atoms with van der Waals surface area (Å²) < 4.78 is 34.2. The number of benzene rings is 2. The second-order valence-electron chi connectivity index (χ2n) is 8.86. The smallest absolute Gasteiger partial charge is 0.246 e. The first-order chi connectivity index (χ1) is 17.5. The van der Waals surface area contributed by atoms with Gasteiger partial charge in [-0.3, -0.25) is 14.2 Å². The van der Waals surface area contributed by atoms with Crippen LogP contribution in [0.15, 0.2) is 67.5 Å². The molecule has 1 unspecified atom stereocenters. The number of nitrogens with zero attached hydrogens (tertiary/aromatic N) is 4. The van der Waals surface area contributed by atoms with E-state index in [0.29, 0.717) is 6.54 Å². The molecule has 1 saturated heterocycles. The van der Waals surface area contributed by atoms with Gasteiger partial charge in [-0.1, -0.05) is 30.8 Å². The number of aryl methyl sites for hydroxylation is 1. The van der Waals surface area contributed by atoms with Crippen molar-refractivity contribution in [1.29, 1.82) is 0 Å². The normalized spacial score (nSPS) is 15.8. The first-order valence-electron chi connectivity index (χ1n) is 11.9. The van der Waals surface area contributed by atoms with Crippen LogP contribution in [0, 0.1) is 18.6 Å². The number of aromatic nitrogens is 3. The van der Waals surface area contributed by atoms with Crippen molar-refractivity contribution in [2.24, 2.45) is 0 Å². The van der Waals surface area contributed by atoms with Gasteiger partial charge in [0, 0.05) is 30.6 Å². The molecule has 1 fully saturated rings. The zero-order valence-corrected chi connectivity index (χ0v) is 20.0. The number of carbonyl (C=O) groups is 1. The molecule has 3 heterocycles. The van der Waals surface area contributed by atoms with Crippen molar-refractivity contribution in [1.82, 2.24) is 19.3 Å². The van der Waals surface area contributed by atoms with Crippen LogP contribution in [-0.2, 0) is 11.4 Å². The number of piperidine rings is 1. The van der Waals surface area contributed by atoms with Gasteiger partial charge in [-0.15, -0.1) is 0 Å². The van der Waals surface area contributed by atoms with E-state index in [4.69, 9.17) is 9.72 Å². The highest BCUT2D eigenvalue weighted by Crippen LogP contribution is 2.35. The van der Waals surface area contributed by atoms with Gasteiger partial charge >= 0.3 is 0 Å². The summed E-state index contributed by atoms with van der Waals surface area (Å²) >= 11 is 0. The number of carbonyl (C=O) groups excluding carboxylic acids is 1. The van der Waals surface area contributed by atoms with E-state index in [2.05, 4.69) is 11.6 Å². The highest BCUT2D eigenvalue weighted by molar-refractivity contribution is 5.87. The molecule has 2 aromatic heterocycles. The summed E-state index contributed by atoms with van der Waals surface area (Å²) in [5, 5.41) is 0. The van der Waals surface area contributed by atoms with E-state index in [0.717, 1.165) is 65.3 Å². The molecule has 4 aromatic rings. The van der Waals surface area contributed by atoms with Crippen LogP contribution in [0.4, 0.5) is 8.78 Å². The predicted molar refractivity (Wildman–Crippen MR) is 132 cm³/mol. The Morgan fingerprint density at radius 3 is 2.72 bits per heavy atom. The zero-order chi connectivity index (χ0) is 25.2. The van der Waals surface area contributed by atoms with E-state index >= 15 is 0 Å². The van der Waals surface area contributed by atoms with Crippen molar-refractivity contribution >= 4 is 11.4 Å². The van der Waals surface area contributed by atoms with Crippen LogP contribution in [0.25, 0.3) is 16.8 Å². The van der Waals surface area contributed by atoms with E-state index in [1.165, 1.54) is 12.1 Å². The molecule has 0 spiro atoms. The Bertz CT molecular complexity index is 1430. The second kappa shape index (κ2) is 9.89. The molecule has 6 nitrogen and oxygen atoms in total. The van der Waals surface area contributed by atoms with E-state index in [1.807, 2.05) is 46.7 Å². The van der Waals surface area contributed by atoms with Crippen molar-refractivity contribution in [2.75, 3.05) is 6.54 Å². The number of halogens is 2. The Morgan fingerprint density at radius 1 is 1.17 bits per heavy atom. The summed E-state index contributed by atoms with van der Waals surface area (Å²) in [7, 11) is 0. The fourth-order valence-corrected chi connectivity index (χ4v) is 4.73. The lowest BCUT2D eigenvalue weighted by Crippen LogP contribution is -2.38. The summed E-state index contributed by atoms with van der Waals surface area (Å²) in [6, 6.07) is 11.1. The van der Waals surface area contributed by atoms with Crippen molar-refractivity contribution in [3.63, 3.8) is 0 Å². The lowest BCUT2D eigenvalue weighted by molar-refractivity contribution is -0.129. The molecule has 36 heavy (non-hydrogen) atoms. The third-order valence-electron chi connectivity index (χ3n) is 6.55. The maximum absolute atomic E-state index is 13.4. The van der Waals surface area contributed by atoms with Crippen molar-refractivity contribution < 1.29 is 18.3 Å². The highest BCUT2D eigenvalue weighted by Gasteiger charge is 2.31. The minimum atomic E-state index is -0.944. The van der Waals surface area contributed by atoms with Gasteiger partial charge in [-0.05, 0) is 50.0 Å². The molecule has 1 aliphatic rings. The van der Waals surface area contributed by atoms with Crippen LogP contribution < -0.4 is 4.74 Å². The Kier molecular flexibility index (Phi) is 6.50. The first kappa shape index (κ1) is 23.7.